The highest BCUT2D eigenvalue weighted by Gasteiger charge is 2.33. The monoisotopic (exact) mass is 570 g/mol. The number of hydrogen-bond donors (Lipinski definition) is 2. The summed E-state index contributed by atoms with van der Waals surface area (Å²) in [5.74, 6) is -2.79. The number of hydrogen-bond acceptors (Lipinski definition) is 6. The number of carbonyl (C=O) groups is 3. The topological polar surface area (TPSA) is 95.9 Å². The molecule has 1 atom stereocenters. The Balaban J connectivity index is 1.29. The van der Waals surface area contributed by atoms with Crippen molar-refractivity contribution in [1.29, 1.82) is 0 Å². The molecule has 0 radical (unpaired) electrons. The van der Waals surface area contributed by atoms with Crippen molar-refractivity contribution in [1.82, 2.24) is 10.2 Å². The summed E-state index contributed by atoms with van der Waals surface area (Å²) < 4.78 is 19.0. The average molecular weight is 571 g/mol. The summed E-state index contributed by atoms with van der Waals surface area (Å²) in [6, 6.07) is 15.9. The number of carboxylic acid groups (broad SMARTS) is 1. The van der Waals surface area contributed by atoms with Gasteiger partial charge in [0.15, 0.2) is 5.78 Å². The second-order valence-electron chi connectivity index (χ2n) is 11.2. The van der Waals surface area contributed by atoms with Crippen molar-refractivity contribution in [2.75, 3.05) is 26.2 Å². The fraction of sp³-hybridized carbons (Fsp3) is 0.324. The fourth-order valence-corrected chi connectivity index (χ4v) is 5.92. The lowest BCUT2D eigenvalue weighted by atomic mass is 9.85. The van der Waals surface area contributed by atoms with Crippen molar-refractivity contribution in [3.63, 3.8) is 0 Å². The number of Topliss-reactive ketones (excluding diaryl/α,β-unsaturated/α-hetero) is 1. The van der Waals surface area contributed by atoms with E-state index in [0.29, 0.717) is 43.7 Å². The Kier molecular flexibility index (Phi) is 8.54. The van der Waals surface area contributed by atoms with Crippen LogP contribution in [0.15, 0.2) is 71.9 Å². The number of benzene rings is 3. The molecule has 3 aromatic rings. The number of ether oxygens (including phenoxy) is 1. The Morgan fingerprint density at radius 3 is 2.40 bits per heavy atom. The third-order valence-electron chi connectivity index (χ3n) is 8.26. The molecule has 218 valence electrons. The van der Waals surface area contributed by atoms with Crippen LogP contribution in [0.2, 0.25) is 0 Å². The van der Waals surface area contributed by atoms with Crippen LogP contribution in [0, 0.1) is 31.5 Å². The molecule has 1 saturated heterocycles. The van der Waals surface area contributed by atoms with Gasteiger partial charge in [-0.05, 0) is 86.4 Å². The van der Waals surface area contributed by atoms with Crippen LogP contribution in [-0.4, -0.2) is 54.0 Å². The van der Waals surface area contributed by atoms with Gasteiger partial charge in [-0.1, -0.05) is 36.8 Å². The number of dihydropyridines is 1. The molecule has 7 nitrogen and oxygen atoms in total. The molecular formula is C34H35FN2O5. The number of halogens is 1. The molecule has 42 heavy (non-hydrogen) atoms. The van der Waals surface area contributed by atoms with Crippen molar-refractivity contribution in [3.05, 3.63) is 100 Å². The number of nitrogens with one attached hydrogen (secondary N) is 1. The predicted octanol–water partition coefficient (Wildman–Crippen LogP) is 5.65. The lowest BCUT2D eigenvalue weighted by Crippen LogP contribution is -2.38. The maximum absolute atomic E-state index is 13.6. The summed E-state index contributed by atoms with van der Waals surface area (Å²) in [6.45, 7) is 7.71. The van der Waals surface area contributed by atoms with E-state index in [9.17, 15) is 23.9 Å². The molecular weight excluding hydrogens is 535 g/mol. The largest absolute Gasteiger partial charge is 0.478 e. The number of aliphatic carboxylic acids is 1. The van der Waals surface area contributed by atoms with E-state index in [-0.39, 0.29) is 35.3 Å². The lowest BCUT2D eigenvalue weighted by Gasteiger charge is -2.31. The number of esters is 1. The molecule has 2 aliphatic rings. The molecule has 2 heterocycles. The third-order valence-corrected chi connectivity index (χ3v) is 8.26. The highest BCUT2D eigenvalue weighted by Crippen LogP contribution is 2.35. The van der Waals surface area contributed by atoms with Gasteiger partial charge in [-0.2, -0.15) is 0 Å². The first-order valence-electron chi connectivity index (χ1n) is 14.3. The van der Waals surface area contributed by atoms with Gasteiger partial charge in [0, 0.05) is 35.7 Å². The van der Waals surface area contributed by atoms with Crippen molar-refractivity contribution in [3.8, 4) is 0 Å². The fourth-order valence-electron chi connectivity index (χ4n) is 5.92. The normalized spacial score (nSPS) is 18.0. The molecule has 0 aliphatic carbocycles. The number of carboxylic acids is 1. The summed E-state index contributed by atoms with van der Waals surface area (Å²) in [4.78, 5) is 40.5. The smallest absolute Gasteiger partial charge is 0.336 e. The molecule has 0 spiro atoms. The number of rotatable bonds is 8. The molecule has 0 aromatic heterocycles. The van der Waals surface area contributed by atoms with E-state index in [4.69, 9.17) is 4.74 Å². The van der Waals surface area contributed by atoms with Gasteiger partial charge in [0.05, 0.1) is 16.8 Å². The van der Waals surface area contributed by atoms with Gasteiger partial charge in [-0.25, -0.2) is 14.0 Å². The number of carbonyl (C=O) groups excluding carboxylic acids is 2. The van der Waals surface area contributed by atoms with Crippen LogP contribution < -0.4 is 5.32 Å². The summed E-state index contributed by atoms with van der Waals surface area (Å²) in [5.41, 5.74) is 4.36. The maximum Gasteiger partial charge on any atom is 0.336 e. The van der Waals surface area contributed by atoms with Gasteiger partial charge < -0.3 is 15.2 Å². The zero-order valence-electron chi connectivity index (χ0n) is 24.1. The zero-order valence-corrected chi connectivity index (χ0v) is 24.1. The van der Waals surface area contributed by atoms with E-state index in [1.165, 1.54) is 30.5 Å². The van der Waals surface area contributed by atoms with Crippen LogP contribution in [0.4, 0.5) is 4.39 Å². The Morgan fingerprint density at radius 2 is 1.71 bits per heavy atom. The van der Waals surface area contributed by atoms with E-state index in [1.54, 1.807) is 6.92 Å². The van der Waals surface area contributed by atoms with E-state index in [2.05, 4.69) is 22.3 Å². The van der Waals surface area contributed by atoms with Crippen LogP contribution >= 0.6 is 0 Å². The number of fused-ring (bicyclic) bond motifs is 1. The highest BCUT2D eigenvalue weighted by atomic mass is 19.1. The molecule has 5 rings (SSSR count). The first kappa shape index (κ1) is 29.2. The second-order valence-corrected chi connectivity index (χ2v) is 11.2. The molecule has 1 fully saturated rings. The Morgan fingerprint density at radius 1 is 1.00 bits per heavy atom. The number of aryl methyl sites for hydroxylation is 2. The minimum absolute atomic E-state index is 0.0282. The Bertz CT molecular complexity index is 1600. The van der Waals surface area contributed by atoms with Crippen molar-refractivity contribution < 1.29 is 28.6 Å². The highest BCUT2D eigenvalue weighted by molar-refractivity contribution is 6.06. The predicted molar refractivity (Wildman–Crippen MR) is 159 cm³/mol. The van der Waals surface area contributed by atoms with E-state index >= 15 is 0 Å². The van der Waals surface area contributed by atoms with Crippen LogP contribution in [-0.2, 0) is 14.3 Å². The molecule has 8 heteroatoms. The molecule has 2 aliphatic heterocycles. The van der Waals surface area contributed by atoms with E-state index < -0.39 is 17.9 Å². The van der Waals surface area contributed by atoms with Gasteiger partial charge in [-0.15, -0.1) is 0 Å². The molecule has 2 N–H and O–H groups in total. The van der Waals surface area contributed by atoms with Crippen LogP contribution in [0.5, 0.6) is 0 Å². The van der Waals surface area contributed by atoms with Crippen molar-refractivity contribution in [2.45, 2.75) is 33.6 Å². The SMILES string of the molecule is Cc1cc(C2=C(C(=O)OCCN3CCC(C(=O)c4ccc(F)cc4)CC3)C(C)C(C(=O)O)=CN2)c2cc(C)ccc2c1. The van der Waals surface area contributed by atoms with Gasteiger partial charge >= 0.3 is 11.9 Å². The Labute approximate surface area is 244 Å². The third kappa shape index (κ3) is 6.14. The summed E-state index contributed by atoms with van der Waals surface area (Å²) >= 11 is 0. The van der Waals surface area contributed by atoms with Gasteiger partial charge in [0.25, 0.3) is 0 Å². The number of ketones is 1. The summed E-state index contributed by atoms with van der Waals surface area (Å²) in [6.07, 6.45) is 2.81. The summed E-state index contributed by atoms with van der Waals surface area (Å²) in [5, 5.41) is 14.9. The Hall–Kier alpha value is -4.30. The van der Waals surface area contributed by atoms with E-state index in [0.717, 1.165) is 27.5 Å². The lowest BCUT2D eigenvalue weighted by molar-refractivity contribution is -0.140. The number of nitrogens with zero attached hydrogens (tertiary/aromatic N) is 1. The molecule has 0 amide bonds. The molecule has 1 unspecified atom stereocenters. The maximum atomic E-state index is 13.6. The van der Waals surface area contributed by atoms with Crippen LogP contribution in [0.3, 0.4) is 0 Å². The first-order chi connectivity index (χ1) is 20.1. The number of likely N-dealkylation sites (tertiary alicyclic amines) is 1. The van der Waals surface area contributed by atoms with E-state index in [1.807, 2.05) is 32.0 Å². The average Bonchev–Trinajstić information content (AvgIpc) is 2.97. The number of piperidine rings is 1. The summed E-state index contributed by atoms with van der Waals surface area (Å²) in [7, 11) is 0. The van der Waals surface area contributed by atoms with Crippen molar-refractivity contribution >= 4 is 34.2 Å². The molecule has 3 aromatic carbocycles. The van der Waals surface area contributed by atoms with Crippen LogP contribution in [0.1, 0.15) is 46.8 Å². The second kappa shape index (κ2) is 12.3. The van der Waals surface area contributed by atoms with Gasteiger partial charge in [0.1, 0.15) is 12.4 Å². The van der Waals surface area contributed by atoms with Crippen LogP contribution in [0.25, 0.3) is 16.5 Å². The molecule has 0 bridgehead atoms. The van der Waals surface area contributed by atoms with Gasteiger partial charge in [0.2, 0.25) is 0 Å². The standard InChI is InChI=1S/C34H35FN2O5/c1-20-4-5-25-16-21(2)18-28(27(25)17-20)31-30(22(3)29(19-36-31)33(39)40)34(41)42-15-14-37-12-10-24(11-13-37)32(38)23-6-8-26(35)9-7-23/h4-9,16-19,22,24,36H,10-15H2,1-3H3,(H,39,40). The first-order valence-corrected chi connectivity index (χ1v) is 14.3. The van der Waals surface area contributed by atoms with Gasteiger partial charge in [-0.3, -0.25) is 9.69 Å². The minimum Gasteiger partial charge on any atom is -0.478 e. The van der Waals surface area contributed by atoms with Crippen molar-refractivity contribution in [2.24, 2.45) is 11.8 Å². The quantitative estimate of drug-likeness (QED) is 0.267. The minimum atomic E-state index is -1.10. The zero-order chi connectivity index (χ0) is 30.0. The molecule has 0 saturated carbocycles.